The van der Waals surface area contributed by atoms with Crippen molar-refractivity contribution in [2.45, 2.75) is 18.6 Å². The zero-order valence-electron chi connectivity index (χ0n) is 19.5. The second-order valence-corrected chi connectivity index (χ2v) is 9.73. The number of anilines is 1. The summed E-state index contributed by atoms with van der Waals surface area (Å²) in [5.41, 5.74) is 13.0. The molecule has 1 amide bonds. The maximum absolute atomic E-state index is 14.5. The number of hydrogen-bond acceptors (Lipinski definition) is 9. The summed E-state index contributed by atoms with van der Waals surface area (Å²) < 4.78 is 45.6. The molecule has 1 saturated heterocycles. The lowest BCUT2D eigenvalue weighted by Gasteiger charge is -2.33. The van der Waals surface area contributed by atoms with Gasteiger partial charge in [-0.25, -0.2) is 18.3 Å². The van der Waals surface area contributed by atoms with E-state index in [1.807, 2.05) is 6.07 Å². The van der Waals surface area contributed by atoms with Crippen LogP contribution in [0.2, 0.25) is 0 Å². The van der Waals surface area contributed by atoms with Gasteiger partial charge in [-0.15, -0.1) is 16.4 Å². The van der Waals surface area contributed by atoms with E-state index in [0.717, 1.165) is 28.1 Å². The maximum atomic E-state index is 14.5. The summed E-state index contributed by atoms with van der Waals surface area (Å²) in [5, 5.41) is 4.11. The van der Waals surface area contributed by atoms with E-state index in [-0.39, 0.29) is 23.8 Å². The van der Waals surface area contributed by atoms with Gasteiger partial charge in [-0.3, -0.25) is 4.79 Å². The number of esters is 1. The molecular formula is C25H19F2N5O5S. The van der Waals surface area contributed by atoms with Gasteiger partial charge in [0.2, 0.25) is 5.95 Å². The van der Waals surface area contributed by atoms with Crippen molar-refractivity contribution in [1.29, 1.82) is 0 Å². The van der Waals surface area contributed by atoms with Crippen LogP contribution < -0.4 is 16.2 Å². The molecule has 0 spiro atoms. The van der Waals surface area contributed by atoms with Crippen LogP contribution in [0.15, 0.2) is 42.5 Å². The third kappa shape index (κ3) is 4.15. The predicted octanol–water partition coefficient (Wildman–Crippen LogP) is 2.87. The Balaban J connectivity index is 1.33. The number of ether oxygens (including phenoxy) is 3. The van der Waals surface area contributed by atoms with Crippen molar-refractivity contribution in [3.05, 3.63) is 65.2 Å². The number of carbonyl (C=O) groups is 2. The highest BCUT2D eigenvalue weighted by molar-refractivity contribution is 7.19. The summed E-state index contributed by atoms with van der Waals surface area (Å²) in [6.45, 7) is 0.440. The lowest BCUT2D eigenvalue weighted by Crippen LogP contribution is -2.54. The first-order chi connectivity index (χ1) is 18.3. The lowest BCUT2D eigenvalue weighted by molar-refractivity contribution is -0.177. The van der Waals surface area contributed by atoms with Gasteiger partial charge in [-0.2, -0.15) is 4.98 Å². The largest absolute Gasteiger partial charge is 0.493 e. The second-order valence-electron chi connectivity index (χ2n) is 8.68. The summed E-state index contributed by atoms with van der Waals surface area (Å²) >= 11 is 1.38. The number of nitrogen functional groups attached to an aromatic ring is 1. The minimum Gasteiger partial charge on any atom is -0.493 e. The molecule has 0 saturated carbocycles. The van der Waals surface area contributed by atoms with Crippen LogP contribution in [0.3, 0.4) is 0 Å². The molecule has 2 aliphatic rings. The highest BCUT2D eigenvalue weighted by Gasteiger charge is 2.40. The molecule has 4 aromatic rings. The third-order valence-electron chi connectivity index (χ3n) is 6.20. The molecule has 0 bridgehead atoms. The van der Waals surface area contributed by atoms with Gasteiger partial charge < -0.3 is 25.7 Å². The topological polar surface area (TPSA) is 145 Å². The van der Waals surface area contributed by atoms with Crippen LogP contribution in [0.5, 0.6) is 5.75 Å². The highest BCUT2D eigenvalue weighted by Crippen LogP contribution is 2.44. The average Bonchev–Trinajstić information content (AvgIpc) is 3.40. The normalized spacial score (nSPS) is 17.9. The molecule has 2 aromatic heterocycles. The number of aromatic nitrogens is 3. The number of nitrogens with zero attached hydrogens (tertiary/aromatic N) is 3. The molecule has 194 valence electrons. The number of carbonyl (C=O) groups excluding carboxylic acids is 2. The summed E-state index contributed by atoms with van der Waals surface area (Å²) in [4.78, 5) is 29.8. The van der Waals surface area contributed by atoms with Gasteiger partial charge in [0, 0.05) is 22.9 Å². The second kappa shape index (κ2) is 9.19. The van der Waals surface area contributed by atoms with Crippen LogP contribution in [0.25, 0.3) is 26.8 Å². The summed E-state index contributed by atoms with van der Waals surface area (Å²) in [7, 11) is 0. The molecule has 0 radical (unpaired) electrons. The Morgan fingerprint density at radius 1 is 1.16 bits per heavy atom. The molecule has 2 aromatic carbocycles. The third-order valence-corrected chi connectivity index (χ3v) is 7.40. The lowest BCUT2D eigenvalue weighted by atomic mass is 10.0. The first-order valence-corrected chi connectivity index (χ1v) is 12.3. The Hall–Kier alpha value is -4.36. The first-order valence-electron chi connectivity index (χ1n) is 11.5. The number of benzene rings is 2. The van der Waals surface area contributed by atoms with E-state index in [4.69, 9.17) is 25.7 Å². The minimum atomic E-state index is -0.956. The van der Waals surface area contributed by atoms with Crippen molar-refractivity contribution in [2.75, 3.05) is 18.9 Å². The Labute approximate surface area is 217 Å². The number of hydrogen-bond donors (Lipinski definition) is 2. The minimum absolute atomic E-state index is 0.0107. The number of halogens is 2. The summed E-state index contributed by atoms with van der Waals surface area (Å²) in [6.07, 6.45) is -1.13. The Bertz CT molecular complexity index is 1600. The van der Waals surface area contributed by atoms with Crippen molar-refractivity contribution in [3.8, 4) is 32.6 Å². The zero-order valence-corrected chi connectivity index (χ0v) is 20.3. The van der Waals surface area contributed by atoms with Gasteiger partial charge in [0.05, 0.1) is 23.7 Å². The van der Waals surface area contributed by atoms with Crippen LogP contribution >= 0.6 is 11.3 Å². The molecule has 1 fully saturated rings. The number of nitrogens with two attached hydrogens (primary N) is 2. The molecule has 2 unspecified atom stereocenters. The predicted molar refractivity (Wildman–Crippen MR) is 132 cm³/mol. The number of rotatable bonds is 5. The quantitative estimate of drug-likeness (QED) is 0.369. The molecule has 0 aliphatic carbocycles. The van der Waals surface area contributed by atoms with Gasteiger partial charge in [0.25, 0.3) is 5.91 Å². The van der Waals surface area contributed by atoms with E-state index in [2.05, 4.69) is 10.1 Å². The van der Waals surface area contributed by atoms with Crippen LogP contribution in [0, 0.1) is 11.6 Å². The van der Waals surface area contributed by atoms with Gasteiger partial charge >= 0.3 is 5.97 Å². The van der Waals surface area contributed by atoms with Crippen LogP contribution in [0.1, 0.15) is 15.9 Å². The number of amides is 1. The smallest absolute Gasteiger partial charge is 0.338 e. The Kier molecular flexibility index (Phi) is 5.80. The standard InChI is InChI=1S/C25H19F2N5O5S/c26-13-2-4-16(15(27)9-13)32-23(30-25(29)31-32)19-8-11-5-6-35-17-7-12(1-3-14(17)21(11)38-19)24(34)37-18-10-36-20(18)22(28)33/h1-4,7-9,18,20H,5-6,10H2,(H2,28,33)(H2,29,31). The van der Waals surface area contributed by atoms with E-state index in [1.165, 1.54) is 22.1 Å². The molecule has 2 atom stereocenters. The SMILES string of the molecule is NC(=O)C1OCC1OC(=O)c1ccc2c(c1)OCCc1cc(-c3nc(N)nn3-c3ccc(F)cc3F)sc1-2. The molecule has 13 heteroatoms. The number of thiophene rings is 1. The Morgan fingerprint density at radius 2 is 2.00 bits per heavy atom. The number of fused-ring (bicyclic) bond motifs is 3. The monoisotopic (exact) mass is 539 g/mol. The molecule has 6 rings (SSSR count). The van der Waals surface area contributed by atoms with Crippen LogP contribution in [0.4, 0.5) is 14.7 Å². The van der Waals surface area contributed by atoms with Crippen molar-refractivity contribution in [3.63, 3.8) is 0 Å². The van der Waals surface area contributed by atoms with E-state index in [0.29, 0.717) is 29.5 Å². The zero-order chi connectivity index (χ0) is 26.6. The average molecular weight is 540 g/mol. The van der Waals surface area contributed by atoms with Crippen molar-refractivity contribution >= 4 is 29.2 Å². The molecule has 38 heavy (non-hydrogen) atoms. The molecule has 4 heterocycles. The van der Waals surface area contributed by atoms with Crippen LogP contribution in [-0.4, -0.2) is 52.1 Å². The number of primary amides is 1. The van der Waals surface area contributed by atoms with E-state index in [1.54, 1.807) is 18.2 Å². The van der Waals surface area contributed by atoms with E-state index in [9.17, 15) is 18.4 Å². The molecule has 2 aliphatic heterocycles. The highest BCUT2D eigenvalue weighted by atomic mass is 32.1. The van der Waals surface area contributed by atoms with Gasteiger partial charge in [-0.1, -0.05) is 0 Å². The molecular weight excluding hydrogens is 520 g/mol. The van der Waals surface area contributed by atoms with Crippen molar-refractivity contribution < 1.29 is 32.6 Å². The molecule has 4 N–H and O–H groups in total. The summed E-state index contributed by atoms with van der Waals surface area (Å²) in [5.74, 6) is -2.11. The van der Waals surface area contributed by atoms with Crippen LogP contribution in [-0.2, 0) is 20.7 Å². The van der Waals surface area contributed by atoms with Gasteiger partial charge in [0.15, 0.2) is 23.8 Å². The molecule has 10 nitrogen and oxygen atoms in total. The summed E-state index contributed by atoms with van der Waals surface area (Å²) in [6, 6.07) is 10.0. The van der Waals surface area contributed by atoms with Crippen molar-refractivity contribution in [1.82, 2.24) is 14.8 Å². The van der Waals surface area contributed by atoms with E-state index < -0.39 is 35.7 Å². The first kappa shape index (κ1) is 24.0. The maximum Gasteiger partial charge on any atom is 0.338 e. The van der Waals surface area contributed by atoms with Gasteiger partial charge in [0.1, 0.15) is 17.3 Å². The van der Waals surface area contributed by atoms with E-state index >= 15 is 0 Å². The van der Waals surface area contributed by atoms with Crippen molar-refractivity contribution in [2.24, 2.45) is 5.73 Å². The fourth-order valence-electron chi connectivity index (χ4n) is 4.33. The Morgan fingerprint density at radius 3 is 2.74 bits per heavy atom. The fourth-order valence-corrected chi connectivity index (χ4v) is 5.54. The van der Waals surface area contributed by atoms with Gasteiger partial charge in [-0.05, 0) is 42.0 Å². The fraction of sp³-hybridized carbons (Fsp3) is 0.200.